The molecule has 1 aliphatic heterocycles. The van der Waals surface area contributed by atoms with Crippen LogP contribution < -0.4 is 5.32 Å². The van der Waals surface area contributed by atoms with Crippen molar-refractivity contribution in [2.75, 3.05) is 19.6 Å². The van der Waals surface area contributed by atoms with Gasteiger partial charge < -0.3 is 15.0 Å². The molecule has 5 heteroatoms. The lowest BCUT2D eigenvalue weighted by Crippen LogP contribution is -2.39. The van der Waals surface area contributed by atoms with Gasteiger partial charge in [-0.1, -0.05) is 6.92 Å². The molecule has 2 amide bonds. The molecule has 0 aromatic heterocycles. The molecule has 0 saturated carbocycles. The number of carbonyl (C=O) groups is 2. The minimum Gasteiger partial charge on any atom is -0.444 e. The van der Waals surface area contributed by atoms with E-state index >= 15 is 0 Å². The molecule has 0 aliphatic carbocycles. The summed E-state index contributed by atoms with van der Waals surface area (Å²) in [6.07, 6.45) is 3.04. The lowest BCUT2D eigenvalue weighted by atomic mass is 10.00. The number of nitrogens with zero attached hydrogens (tertiary/aromatic N) is 1. The highest BCUT2D eigenvalue weighted by molar-refractivity contribution is 5.76. The Morgan fingerprint density at radius 2 is 2.05 bits per heavy atom. The topological polar surface area (TPSA) is 58.6 Å². The van der Waals surface area contributed by atoms with E-state index in [0.717, 1.165) is 19.5 Å². The van der Waals surface area contributed by atoms with Crippen LogP contribution in [-0.2, 0) is 9.53 Å². The number of hydrogen-bond donors (Lipinski definition) is 1. The molecule has 0 spiro atoms. The fourth-order valence-electron chi connectivity index (χ4n) is 2.32. The molecule has 20 heavy (non-hydrogen) atoms. The lowest BCUT2D eigenvalue weighted by molar-refractivity contribution is -0.133. The van der Waals surface area contributed by atoms with Crippen LogP contribution in [0.3, 0.4) is 0 Å². The van der Waals surface area contributed by atoms with Crippen LogP contribution in [0.4, 0.5) is 4.79 Å². The van der Waals surface area contributed by atoms with Crippen LogP contribution in [0.1, 0.15) is 53.4 Å². The molecule has 1 atom stereocenters. The third kappa shape index (κ3) is 6.78. The maximum absolute atomic E-state index is 12.0. The Balaban J connectivity index is 2.14. The van der Waals surface area contributed by atoms with Gasteiger partial charge in [-0.2, -0.15) is 0 Å². The van der Waals surface area contributed by atoms with Gasteiger partial charge in [0.2, 0.25) is 5.91 Å². The van der Waals surface area contributed by atoms with Crippen molar-refractivity contribution in [2.45, 2.75) is 59.0 Å². The van der Waals surface area contributed by atoms with Gasteiger partial charge in [0.05, 0.1) is 0 Å². The molecule has 5 nitrogen and oxygen atoms in total. The number of amides is 2. The van der Waals surface area contributed by atoms with E-state index in [1.165, 1.54) is 6.42 Å². The number of ether oxygens (including phenoxy) is 1. The van der Waals surface area contributed by atoms with Gasteiger partial charge in [-0.25, -0.2) is 4.79 Å². The van der Waals surface area contributed by atoms with Gasteiger partial charge in [0, 0.05) is 26.1 Å². The summed E-state index contributed by atoms with van der Waals surface area (Å²) in [6.45, 7) is 9.89. The van der Waals surface area contributed by atoms with E-state index in [1.54, 1.807) is 0 Å². The molecule has 1 fully saturated rings. The summed E-state index contributed by atoms with van der Waals surface area (Å²) < 4.78 is 5.13. The van der Waals surface area contributed by atoms with Gasteiger partial charge in [-0.3, -0.25) is 4.79 Å². The molecule has 1 N–H and O–H groups in total. The molecule has 116 valence electrons. The van der Waals surface area contributed by atoms with Crippen LogP contribution in [-0.4, -0.2) is 42.1 Å². The van der Waals surface area contributed by atoms with Gasteiger partial charge in [0.15, 0.2) is 0 Å². The smallest absolute Gasteiger partial charge is 0.407 e. The fraction of sp³-hybridized carbons (Fsp3) is 0.867. The zero-order valence-electron chi connectivity index (χ0n) is 13.2. The zero-order valence-corrected chi connectivity index (χ0v) is 13.2. The molecule has 1 heterocycles. The highest BCUT2D eigenvalue weighted by Gasteiger charge is 2.20. The summed E-state index contributed by atoms with van der Waals surface area (Å²) >= 11 is 0. The number of piperidine rings is 1. The molecular weight excluding hydrogens is 256 g/mol. The highest BCUT2D eigenvalue weighted by atomic mass is 16.6. The maximum atomic E-state index is 12.0. The van der Waals surface area contributed by atoms with Gasteiger partial charge in [-0.05, 0) is 46.0 Å². The average molecular weight is 284 g/mol. The van der Waals surface area contributed by atoms with Gasteiger partial charge in [-0.15, -0.1) is 0 Å². The second kappa shape index (κ2) is 7.50. The Morgan fingerprint density at radius 3 is 2.65 bits per heavy atom. The Kier molecular flexibility index (Phi) is 6.30. The number of nitrogens with one attached hydrogen (secondary N) is 1. The lowest BCUT2D eigenvalue weighted by Gasteiger charge is -2.31. The number of rotatable bonds is 4. The maximum Gasteiger partial charge on any atom is 0.407 e. The van der Waals surface area contributed by atoms with Crippen molar-refractivity contribution in [1.29, 1.82) is 0 Å². The molecule has 0 bridgehead atoms. The minimum atomic E-state index is -0.482. The number of alkyl carbamates (subject to hydrolysis) is 1. The van der Waals surface area contributed by atoms with Crippen molar-refractivity contribution >= 4 is 12.0 Å². The summed E-state index contributed by atoms with van der Waals surface area (Å²) in [5.41, 5.74) is -0.482. The van der Waals surface area contributed by atoms with Gasteiger partial charge >= 0.3 is 6.09 Å². The van der Waals surface area contributed by atoms with E-state index in [4.69, 9.17) is 4.74 Å². The first kappa shape index (κ1) is 16.8. The summed E-state index contributed by atoms with van der Waals surface area (Å²) in [5, 5.41) is 2.67. The highest BCUT2D eigenvalue weighted by Crippen LogP contribution is 2.16. The Labute approximate surface area is 122 Å². The SMILES string of the molecule is CC1CCCN(C(=O)CCCNC(=O)OC(C)(C)C)C1. The largest absolute Gasteiger partial charge is 0.444 e. The number of likely N-dealkylation sites (tertiary alicyclic amines) is 1. The van der Waals surface area contributed by atoms with Crippen LogP contribution in [0.2, 0.25) is 0 Å². The van der Waals surface area contributed by atoms with Crippen LogP contribution in [0.5, 0.6) is 0 Å². The minimum absolute atomic E-state index is 0.197. The third-order valence-electron chi connectivity index (χ3n) is 3.25. The van der Waals surface area contributed by atoms with E-state index in [0.29, 0.717) is 25.3 Å². The first-order chi connectivity index (χ1) is 9.28. The molecule has 1 saturated heterocycles. The number of carbonyl (C=O) groups excluding carboxylic acids is 2. The standard InChI is InChI=1S/C15H28N2O3/c1-12-7-6-10-17(11-12)13(18)8-5-9-16-14(19)20-15(2,3)4/h12H,5-11H2,1-4H3,(H,16,19). The Bertz CT molecular complexity index is 337. The Hall–Kier alpha value is -1.26. The van der Waals surface area contributed by atoms with E-state index in [2.05, 4.69) is 12.2 Å². The summed E-state index contributed by atoms with van der Waals surface area (Å²) in [5.74, 6) is 0.801. The monoisotopic (exact) mass is 284 g/mol. The molecular formula is C15H28N2O3. The zero-order chi connectivity index (χ0) is 15.2. The molecule has 0 aromatic carbocycles. The summed E-state index contributed by atoms with van der Waals surface area (Å²) in [6, 6.07) is 0. The number of hydrogen-bond acceptors (Lipinski definition) is 3. The molecule has 1 rings (SSSR count). The second-order valence-corrected chi connectivity index (χ2v) is 6.62. The van der Waals surface area contributed by atoms with Crippen LogP contribution in [0, 0.1) is 5.92 Å². The molecule has 1 unspecified atom stereocenters. The fourth-order valence-corrected chi connectivity index (χ4v) is 2.32. The predicted octanol–water partition coefficient (Wildman–Crippen LogP) is 2.55. The Morgan fingerprint density at radius 1 is 1.35 bits per heavy atom. The average Bonchev–Trinajstić information content (AvgIpc) is 2.32. The van der Waals surface area contributed by atoms with Crippen LogP contribution >= 0.6 is 0 Å². The molecule has 0 aromatic rings. The first-order valence-electron chi connectivity index (χ1n) is 7.52. The normalized spacial score (nSPS) is 19.6. The van der Waals surface area contributed by atoms with Crippen molar-refractivity contribution in [2.24, 2.45) is 5.92 Å². The molecule has 1 aliphatic rings. The third-order valence-corrected chi connectivity index (χ3v) is 3.25. The summed E-state index contributed by atoms with van der Waals surface area (Å²) in [7, 11) is 0. The van der Waals surface area contributed by atoms with Crippen LogP contribution in [0.25, 0.3) is 0 Å². The van der Waals surface area contributed by atoms with E-state index < -0.39 is 11.7 Å². The molecule has 0 radical (unpaired) electrons. The predicted molar refractivity (Wildman–Crippen MR) is 78.4 cm³/mol. The first-order valence-corrected chi connectivity index (χ1v) is 7.52. The summed E-state index contributed by atoms with van der Waals surface area (Å²) in [4.78, 5) is 25.4. The van der Waals surface area contributed by atoms with E-state index in [-0.39, 0.29) is 5.91 Å². The van der Waals surface area contributed by atoms with E-state index in [1.807, 2.05) is 25.7 Å². The van der Waals surface area contributed by atoms with Crippen LogP contribution in [0.15, 0.2) is 0 Å². The van der Waals surface area contributed by atoms with Crippen molar-refractivity contribution in [3.8, 4) is 0 Å². The van der Waals surface area contributed by atoms with Crippen molar-refractivity contribution in [3.63, 3.8) is 0 Å². The second-order valence-electron chi connectivity index (χ2n) is 6.62. The van der Waals surface area contributed by atoms with Gasteiger partial charge in [0.1, 0.15) is 5.60 Å². The van der Waals surface area contributed by atoms with E-state index in [9.17, 15) is 9.59 Å². The van der Waals surface area contributed by atoms with Crippen molar-refractivity contribution < 1.29 is 14.3 Å². The quantitative estimate of drug-likeness (QED) is 0.807. The van der Waals surface area contributed by atoms with Crippen molar-refractivity contribution in [3.05, 3.63) is 0 Å². The van der Waals surface area contributed by atoms with Crippen molar-refractivity contribution in [1.82, 2.24) is 10.2 Å². The van der Waals surface area contributed by atoms with Gasteiger partial charge in [0.25, 0.3) is 0 Å².